The highest BCUT2D eigenvalue weighted by atomic mass is 79.9. The SMILES string of the molecule is COc1ccccc1OCC(=O)OCC(=O)Nc1ccc(Br)cc1C. The molecule has 0 heterocycles. The number of ether oxygens (including phenoxy) is 3. The smallest absolute Gasteiger partial charge is 0.344 e. The van der Waals surface area contributed by atoms with Crippen molar-refractivity contribution in [2.45, 2.75) is 6.92 Å². The molecule has 0 radical (unpaired) electrons. The average Bonchev–Trinajstić information content (AvgIpc) is 2.60. The molecule has 0 fully saturated rings. The van der Waals surface area contributed by atoms with E-state index in [4.69, 9.17) is 14.2 Å². The molecule has 25 heavy (non-hydrogen) atoms. The second-order valence-corrected chi connectivity index (χ2v) is 6.02. The summed E-state index contributed by atoms with van der Waals surface area (Å²) in [4.78, 5) is 23.6. The number of rotatable bonds is 7. The molecule has 2 aromatic carbocycles. The lowest BCUT2D eigenvalue weighted by Crippen LogP contribution is -2.24. The van der Waals surface area contributed by atoms with Gasteiger partial charge in [0.25, 0.3) is 5.91 Å². The molecular formula is C18H18BrNO5. The van der Waals surface area contributed by atoms with Crippen LogP contribution in [0.5, 0.6) is 11.5 Å². The van der Waals surface area contributed by atoms with E-state index >= 15 is 0 Å². The summed E-state index contributed by atoms with van der Waals surface area (Å²) in [7, 11) is 1.51. The number of hydrogen-bond acceptors (Lipinski definition) is 5. The van der Waals surface area contributed by atoms with Crippen LogP contribution in [0.25, 0.3) is 0 Å². The molecule has 2 rings (SSSR count). The van der Waals surface area contributed by atoms with Gasteiger partial charge in [0, 0.05) is 10.2 Å². The Bertz CT molecular complexity index is 763. The van der Waals surface area contributed by atoms with Crippen molar-refractivity contribution in [3.63, 3.8) is 0 Å². The minimum absolute atomic E-state index is 0.315. The van der Waals surface area contributed by atoms with Crippen molar-refractivity contribution in [1.29, 1.82) is 0 Å². The molecule has 0 aliphatic heterocycles. The summed E-state index contributed by atoms with van der Waals surface area (Å²) in [5.41, 5.74) is 1.56. The van der Waals surface area contributed by atoms with Crippen molar-refractivity contribution in [2.24, 2.45) is 0 Å². The van der Waals surface area contributed by atoms with E-state index in [0.29, 0.717) is 17.2 Å². The van der Waals surface area contributed by atoms with Crippen molar-refractivity contribution in [3.8, 4) is 11.5 Å². The number of amides is 1. The van der Waals surface area contributed by atoms with Gasteiger partial charge in [-0.15, -0.1) is 0 Å². The van der Waals surface area contributed by atoms with Gasteiger partial charge in [-0.2, -0.15) is 0 Å². The first kappa shape index (κ1) is 18.8. The molecule has 0 aromatic heterocycles. The van der Waals surface area contributed by atoms with Gasteiger partial charge in [-0.3, -0.25) is 4.79 Å². The van der Waals surface area contributed by atoms with Gasteiger partial charge in [0.05, 0.1) is 7.11 Å². The Hall–Kier alpha value is -2.54. The van der Waals surface area contributed by atoms with Crippen molar-refractivity contribution < 1.29 is 23.8 Å². The maximum atomic E-state index is 11.9. The number of carbonyl (C=O) groups excluding carboxylic acids is 2. The van der Waals surface area contributed by atoms with E-state index < -0.39 is 11.9 Å². The number of nitrogens with one attached hydrogen (secondary N) is 1. The molecule has 0 spiro atoms. The molecule has 0 unspecified atom stereocenters. The van der Waals surface area contributed by atoms with Gasteiger partial charge < -0.3 is 19.5 Å². The number of esters is 1. The number of halogens is 1. The van der Waals surface area contributed by atoms with E-state index in [0.717, 1.165) is 10.0 Å². The van der Waals surface area contributed by atoms with Crippen LogP contribution in [0.4, 0.5) is 5.69 Å². The maximum Gasteiger partial charge on any atom is 0.344 e. The molecule has 0 saturated heterocycles. The Morgan fingerprint density at radius 2 is 1.80 bits per heavy atom. The van der Waals surface area contributed by atoms with Crippen LogP contribution in [0.1, 0.15) is 5.56 Å². The molecule has 0 bridgehead atoms. The van der Waals surface area contributed by atoms with E-state index in [1.807, 2.05) is 19.1 Å². The fourth-order valence-corrected chi connectivity index (χ4v) is 2.49. The van der Waals surface area contributed by atoms with E-state index in [1.54, 1.807) is 30.3 Å². The maximum absolute atomic E-state index is 11.9. The normalized spacial score (nSPS) is 10.0. The van der Waals surface area contributed by atoms with Gasteiger partial charge >= 0.3 is 5.97 Å². The molecule has 1 N–H and O–H groups in total. The van der Waals surface area contributed by atoms with E-state index in [-0.39, 0.29) is 13.2 Å². The van der Waals surface area contributed by atoms with E-state index in [9.17, 15) is 9.59 Å². The number of aryl methyl sites for hydroxylation is 1. The Labute approximate surface area is 154 Å². The van der Waals surface area contributed by atoms with Gasteiger partial charge in [0.15, 0.2) is 24.7 Å². The third kappa shape index (κ3) is 5.79. The predicted molar refractivity (Wildman–Crippen MR) is 97.0 cm³/mol. The number of anilines is 1. The minimum Gasteiger partial charge on any atom is -0.493 e. The summed E-state index contributed by atoms with van der Waals surface area (Å²) in [6, 6.07) is 12.4. The highest BCUT2D eigenvalue weighted by Gasteiger charge is 2.11. The molecule has 132 valence electrons. The second-order valence-electron chi connectivity index (χ2n) is 5.11. The number of para-hydroxylation sites is 2. The number of hydrogen-bond donors (Lipinski definition) is 1. The number of benzene rings is 2. The second kappa shape index (κ2) is 9.08. The van der Waals surface area contributed by atoms with Crippen LogP contribution in [-0.2, 0) is 14.3 Å². The summed E-state index contributed by atoms with van der Waals surface area (Å²) in [5, 5.41) is 2.69. The summed E-state index contributed by atoms with van der Waals surface area (Å²) in [6.07, 6.45) is 0. The molecule has 1 amide bonds. The minimum atomic E-state index is -0.645. The van der Waals surface area contributed by atoms with Gasteiger partial charge in [-0.1, -0.05) is 28.1 Å². The summed E-state index contributed by atoms with van der Waals surface area (Å²) >= 11 is 3.35. The van der Waals surface area contributed by atoms with Gasteiger partial charge in [-0.25, -0.2) is 4.79 Å². The van der Waals surface area contributed by atoms with E-state index in [1.165, 1.54) is 7.11 Å². The lowest BCUT2D eigenvalue weighted by Gasteiger charge is -2.11. The quantitative estimate of drug-likeness (QED) is 0.712. The lowest BCUT2D eigenvalue weighted by molar-refractivity contribution is -0.149. The average molecular weight is 408 g/mol. The molecule has 0 aliphatic carbocycles. The molecule has 7 heteroatoms. The molecule has 6 nitrogen and oxygen atoms in total. The summed E-state index contributed by atoms with van der Waals surface area (Å²) in [5.74, 6) is -0.125. The molecule has 2 aromatic rings. The zero-order valence-corrected chi connectivity index (χ0v) is 15.5. The third-order valence-electron chi connectivity index (χ3n) is 3.24. The van der Waals surface area contributed by atoms with Crippen LogP contribution in [-0.4, -0.2) is 32.2 Å². The molecule has 0 aliphatic rings. The highest BCUT2D eigenvalue weighted by molar-refractivity contribution is 9.10. The molecule has 0 atom stereocenters. The number of carbonyl (C=O) groups is 2. The fraction of sp³-hybridized carbons (Fsp3) is 0.222. The van der Waals surface area contributed by atoms with Gasteiger partial charge in [-0.05, 0) is 42.8 Å². The van der Waals surface area contributed by atoms with Crippen molar-refractivity contribution in [1.82, 2.24) is 0 Å². The zero-order valence-electron chi connectivity index (χ0n) is 13.9. The fourth-order valence-electron chi connectivity index (χ4n) is 2.02. The lowest BCUT2D eigenvalue weighted by atomic mass is 10.2. The van der Waals surface area contributed by atoms with Crippen LogP contribution in [0.15, 0.2) is 46.9 Å². The molecule has 0 saturated carbocycles. The van der Waals surface area contributed by atoms with Crippen molar-refractivity contribution in [3.05, 3.63) is 52.5 Å². The third-order valence-corrected chi connectivity index (χ3v) is 3.73. The predicted octanol–water partition coefficient (Wildman–Crippen LogP) is 3.33. The van der Waals surface area contributed by atoms with Crippen LogP contribution >= 0.6 is 15.9 Å². The summed E-state index contributed by atoms with van der Waals surface area (Å²) in [6.45, 7) is 1.17. The first-order chi connectivity index (χ1) is 12.0. The van der Waals surface area contributed by atoms with E-state index in [2.05, 4.69) is 21.2 Å². The Morgan fingerprint density at radius 1 is 1.08 bits per heavy atom. The number of methoxy groups -OCH3 is 1. The first-order valence-electron chi connectivity index (χ1n) is 7.47. The van der Waals surface area contributed by atoms with Crippen molar-refractivity contribution >= 4 is 33.5 Å². The monoisotopic (exact) mass is 407 g/mol. The zero-order chi connectivity index (χ0) is 18.2. The largest absolute Gasteiger partial charge is 0.493 e. The topological polar surface area (TPSA) is 73.9 Å². The molecular weight excluding hydrogens is 390 g/mol. The van der Waals surface area contributed by atoms with Gasteiger partial charge in [0.2, 0.25) is 0 Å². The summed E-state index contributed by atoms with van der Waals surface area (Å²) < 4.78 is 16.3. The Morgan fingerprint density at radius 3 is 2.48 bits per heavy atom. The van der Waals surface area contributed by atoms with Crippen molar-refractivity contribution in [2.75, 3.05) is 25.6 Å². The Balaban J connectivity index is 1.78. The Kier molecular flexibility index (Phi) is 6.82. The van der Waals surface area contributed by atoms with Crippen LogP contribution in [0, 0.1) is 6.92 Å². The highest BCUT2D eigenvalue weighted by Crippen LogP contribution is 2.25. The standard InChI is InChI=1S/C18H18BrNO5/c1-12-9-13(19)7-8-14(12)20-17(21)10-25-18(22)11-24-16-6-4-3-5-15(16)23-2/h3-9H,10-11H2,1-2H3,(H,20,21). The van der Waals surface area contributed by atoms with Crippen LogP contribution in [0.3, 0.4) is 0 Å². The van der Waals surface area contributed by atoms with Crippen LogP contribution < -0.4 is 14.8 Å². The first-order valence-corrected chi connectivity index (χ1v) is 8.26. The van der Waals surface area contributed by atoms with Crippen LogP contribution in [0.2, 0.25) is 0 Å². The van der Waals surface area contributed by atoms with Gasteiger partial charge in [0.1, 0.15) is 0 Å².